The molecule has 5 heteroatoms. The molecule has 0 saturated heterocycles. The smallest absolute Gasteiger partial charge is 0.338 e. The van der Waals surface area contributed by atoms with Crippen LogP contribution < -0.4 is 5.32 Å². The number of ether oxygens (including phenoxy) is 2. The first-order valence-corrected chi connectivity index (χ1v) is 6.62. The quantitative estimate of drug-likeness (QED) is 0.452. The summed E-state index contributed by atoms with van der Waals surface area (Å²) in [6, 6.07) is 6.91. The number of nitrogens with one attached hydrogen (secondary N) is 1. The van der Waals surface area contributed by atoms with Gasteiger partial charge in [0, 0.05) is 18.3 Å². The molecule has 0 atom stereocenters. The van der Waals surface area contributed by atoms with Crippen LogP contribution in [0.1, 0.15) is 17.3 Å². The summed E-state index contributed by atoms with van der Waals surface area (Å²) in [6.45, 7) is 6.32. The van der Waals surface area contributed by atoms with Gasteiger partial charge >= 0.3 is 11.9 Å². The van der Waals surface area contributed by atoms with Gasteiger partial charge in [-0.15, -0.1) is 6.58 Å². The van der Waals surface area contributed by atoms with Crippen molar-refractivity contribution in [3.05, 3.63) is 54.6 Å². The second kappa shape index (κ2) is 9.36. The predicted molar refractivity (Wildman–Crippen MR) is 81.2 cm³/mol. The van der Waals surface area contributed by atoms with E-state index in [1.807, 2.05) is 0 Å². The van der Waals surface area contributed by atoms with E-state index in [0.717, 1.165) is 5.69 Å². The molecule has 0 heterocycles. The topological polar surface area (TPSA) is 64.6 Å². The summed E-state index contributed by atoms with van der Waals surface area (Å²) in [5, 5.41) is 3.10. The number of carbonyl (C=O) groups excluding carboxylic acids is 2. The Morgan fingerprint density at radius 1 is 1.24 bits per heavy atom. The predicted octanol–water partition coefficient (Wildman–Crippen LogP) is 2.56. The third-order valence-corrected chi connectivity index (χ3v) is 2.42. The van der Waals surface area contributed by atoms with E-state index in [1.54, 1.807) is 37.3 Å². The molecular weight excluding hydrogens is 270 g/mol. The van der Waals surface area contributed by atoms with Gasteiger partial charge in [-0.3, -0.25) is 0 Å². The molecule has 1 rings (SSSR count). The molecule has 1 N–H and O–H groups in total. The molecule has 0 aliphatic rings. The SMILES string of the molecule is C=CCNc1ccc(C(=O)OCC=CC(=O)OCC)cc1. The van der Waals surface area contributed by atoms with Crippen molar-refractivity contribution in [3.63, 3.8) is 0 Å². The van der Waals surface area contributed by atoms with Gasteiger partial charge in [0.25, 0.3) is 0 Å². The Hall–Kier alpha value is -2.56. The largest absolute Gasteiger partial charge is 0.463 e. The summed E-state index contributed by atoms with van der Waals surface area (Å²) in [6.07, 6.45) is 4.42. The van der Waals surface area contributed by atoms with Crippen LogP contribution in [0.4, 0.5) is 5.69 Å². The molecule has 0 aliphatic carbocycles. The van der Waals surface area contributed by atoms with Crippen molar-refractivity contribution in [2.45, 2.75) is 6.92 Å². The molecule has 5 nitrogen and oxygen atoms in total. The highest BCUT2D eigenvalue weighted by Crippen LogP contribution is 2.10. The molecule has 0 amide bonds. The minimum absolute atomic E-state index is 0.0219. The third-order valence-electron chi connectivity index (χ3n) is 2.42. The van der Waals surface area contributed by atoms with Crippen LogP contribution in [-0.4, -0.2) is 31.7 Å². The molecule has 1 aromatic rings. The zero-order chi connectivity index (χ0) is 15.5. The molecule has 112 valence electrons. The van der Waals surface area contributed by atoms with Gasteiger partial charge in [-0.1, -0.05) is 6.08 Å². The van der Waals surface area contributed by atoms with Crippen LogP contribution in [-0.2, 0) is 14.3 Å². The van der Waals surface area contributed by atoms with Crippen LogP contribution in [0.5, 0.6) is 0 Å². The van der Waals surface area contributed by atoms with Crippen LogP contribution in [0.3, 0.4) is 0 Å². The molecule has 0 spiro atoms. The Kier molecular flexibility index (Phi) is 7.35. The van der Waals surface area contributed by atoms with E-state index in [1.165, 1.54) is 12.2 Å². The Labute approximate surface area is 124 Å². The summed E-state index contributed by atoms with van der Waals surface area (Å²) < 4.78 is 9.71. The second-order valence-corrected chi connectivity index (χ2v) is 4.00. The van der Waals surface area contributed by atoms with Gasteiger partial charge in [0.2, 0.25) is 0 Å². The second-order valence-electron chi connectivity index (χ2n) is 4.00. The van der Waals surface area contributed by atoms with Crippen molar-refractivity contribution >= 4 is 17.6 Å². The van der Waals surface area contributed by atoms with Crippen molar-refractivity contribution in [2.75, 3.05) is 25.1 Å². The zero-order valence-electron chi connectivity index (χ0n) is 12.0. The molecule has 0 saturated carbocycles. The number of carbonyl (C=O) groups is 2. The van der Waals surface area contributed by atoms with E-state index in [2.05, 4.69) is 11.9 Å². The molecule has 0 fully saturated rings. The molecule has 0 aromatic heterocycles. The summed E-state index contributed by atoms with van der Waals surface area (Å²) >= 11 is 0. The lowest BCUT2D eigenvalue weighted by Crippen LogP contribution is -2.06. The van der Waals surface area contributed by atoms with E-state index < -0.39 is 11.9 Å². The van der Waals surface area contributed by atoms with Crippen molar-refractivity contribution in [1.82, 2.24) is 0 Å². The van der Waals surface area contributed by atoms with E-state index >= 15 is 0 Å². The Morgan fingerprint density at radius 3 is 2.57 bits per heavy atom. The molecule has 0 aliphatic heterocycles. The normalized spacial score (nSPS) is 10.1. The maximum atomic E-state index is 11.7. The van der Waals surface area contributed by atoms with E-state index in [-0.39, 0.29) is 6.61 Å². The van der Waals surface area contributed by atoms with Gasteiger partial charge in [0.05, 0.1) is 12.2 Å². The summed E-state index contributed by atoms with van der Waals surface area (Å²) in [5.41, 5.74) is 1.34. The summed E-state index contributed by atoms with van der Waals surface area (Å²) in [7, 11) is 0. The monoisotopic (exact) mass is 289 g/mol. The van der Waals surface area contributed by atoms with Crippen LogP contribution in [0, 0.1) is 0 Å². The van der Waals surface area contributed by atoms with Gasteiger partial charge in [-0.05, 0) is 37.3 Å². The standard InChI is InChI=1S/C16H19NO4/c1-3-11-17-14-9-7-13(8-10-14)16(19)21-12-5-6-15(18)20-4-2/h3,5-10,17H,1,4,11-12H2,2H3. The fraction of sp³-hybridized carbons (Fsp3) is 0.250. The van der Waals surface area contributed by atoms with Crippen molar-refractivity contribution < 1.29 is 19.1 Å². The Morgan fingerprint density at radius 2 is 1.95 bits per heavy atom. The average molecular weight is 289 g/mol. The van der Waals surface area contributed by atoms with E-state index in [0.29, 0.717) is 18.7 Å². The lowest BCUT2D eigenvalue weighted by molar-refractivity contribution is -0.137. The zero-order valence-corrected chi connectivity index (χ0v) is 12.0. The highest BCUT2D eigenvalue weighted by molar-refractivity contribution is 5.90. The first-order chi connectivity index (χ1) is 10.2. The first kappa shape index (κ1) is 16.5. The highest BCUT2D eigenvalue weighted by atomic mass is 16.5. The molecular formula is C16H19NO4. The van der Waals surface area contributed by atoms with Crippen LogP contribution in [0.15, 0.2) is 49.1 Å². The lowest BCUT2D eigenvalue weighted by atomic mass is 10.2. The average Bonchev–Trinajstić information content (AvgIpc) is 2.50. The maximum Gasteiger partial charge on any atom is 0.338 e. The lowest BCUT2D eigenvalue weighted by Gasteiger charge is -2.05. The van der Waals surface area contributed by atoms with E-state index in [9.17, 15) is 9.59 Å². The third kappa shape index (κ3) is 6.42. The van der Waals surface area contributed by atoms with Gasteiger partial charge in [-0.2, -0.15) is 0 Å². The van der Waals surface area contributed by atoms with Crippen molar-refractivity contribution in [3.8, 4) is 0 Å². The highest BCUT2D eigenvalue weighted by Gasteiger charge is 2.05. The Balaban J connectivity index is 2.41. The molecule has 0 bridgehead atoms. The minimum Gasteiger partial charge on any atom is -0.463 e. The number of hydrogen-bond donors (Lipinski definition) is 1. The summed E-state index contributed by atoms with van der Waals surface area (Å²) in [5.74, 6) is -0.898. The van der Waals surface area contributed by atoms with Gasteiger partial charge in [-0.25, -0.2) is 9.59 Å². The fourth-order valence-electron chi connectivity index (χ4n) is 1.46. The van der Waals surface area contributed by atoms with E-state index in [4.69, 9.17) is 9.47 Å². The first-order valence-electron chi connectivity index (χ1n) is 6.62. The Bertz CT molecular complexity index is 506. The fourth-order valence-corrected chi connectivity index (χ4v) is 1.46. The number of benzene rings is 1. The van der Waals surface area contributed by atoms with Crippen LogP contribution in [0.25, 0.3) is 0 Å². The molecule has 1 aromatic carbocycles. The number of anilines is 1. The minimum atomic E-state index is -0.453. The number of rotatable bonds is 8. The van der Waals surface area contributed by atoms with Crippen molar-refractivity contribution in [1.29, 1.82) is 0 Å². The molecule has 21 heavy (non-hydrogen) atoms. The van der Waals surface area contributed by atoms with Gasteiger partial charge in [0.1, 0.15) is 6.61 Å². The van der Waals surface area contributed by atoms with Crippen LogP contribution >= 0.6 is 0 Å². The maximum absolute atomic E-state index is 11.7. The van der Waals surface area contributed by atoms with Crippen molar-refractivity contribution in [2.24, 2.45) is 0 Å². The summed E-state index contributed by atoms with van der Waals surface area (Å²) in [4.78, 5) is 22.7. The number of esters is 2. The van der Waals surface area contributed by atoms with Gasteiger partial charge < -0.3 is 14.8 Å². The molecule has 0 radical (unpaired) electrons. The van der Waals surface area contributed by atoms with Gasteiger partial charge in [0.15, 0.2) is 0 Å². The number of hydrogen-bond acceptors (Lipinski definition) is 5. The van der Waals surface area contributed by atoms with Crippen LogP contribution in [0.2, 0.25) is 0 Å². The molecule has 0 unspecified atom stereocenters.